The second-order valence-electron chi connectivity index (χ2n) is 6.34. The van der Waals surface area contributed by atoms with Crippen LogP contribution >= 0.6 is 11.8 Å². The molecule has 28 heavy (non-hydrogen) atoms. The van der Waals surface area contributed by atoms with Crippen molar-refractivity contribution in [1.82, 2.24) is 0 Å². The van der Waals surface area contributed by atoms with Crippen LogP contribution in [0.25, 0.3) is 6.08 Å². The second kappa shape index (κ2) is 8.31. The number of hydrogen-bond acceptors (Lipinski definition) is 5. The van der Waals surface area contributed by atoms with Crippen LogP contribution in [0.4, 0.5) is 10.5 Å². The lowest BCUT2D eigenvalue weighted by atomic mass is 10.1. The maximum Gasteiger partial charge on any atom is 0.306 e. The van der Waals surface area contributed by atoms with Crippen molar-refractivity contribution in [1.29, 1.82) is 0 Å². The third kappa shape index (κ3) is 4.26. The number of ether oxygens (including phenoxy) is 1. The molecule has 7 heteroatoms. The molecule has 1 aliphatic rings. The molecular formula is C21H19NO5S. The molecule has 0 unspecified atom stereocenters. The summed E-state index contributed by atoms with van der Waals surface area (Å²) in [5.41, 5.74) is 3.08. The first-order valence-electron chi connectivity index (χ1n) is 8.65. The van der Waals surface area contributed by atoms with Gasteiger partial charge in [0.15, 0.2) is 0 Å². The van der Waals surface area contributed by atoms with Crippen molar-refractivity contribution in [3.63, 3.8) is 0 Å². The number of carboxylic acids is 1. The molecule has 1 N–H and O–H groups in total. The van der Waals surface area contributed by atoms with Gasteiger partial charge >= 0.3 is 5.97 Å². The first-order valence-corrected chi connectivity index (χ1v) is 9.47. The highest BCUT2D eigenvalue weighted by Crippen LogP contribution is 2.38. The summed E-state index contributed by atoms with van der Waals surface area (Å²) in [4.78, 5) is 37.5. The minimum atomic E-state index is -0.952. The number of benzene rings is 2. The number of carboxylic acid groups (broad SMARTS) is 1. The van der Waals surface area contributed by atoms with Crippen molar-refractivity contribution in [2.75, 3.05) is 11.5 Å². The molecule has 1 aliphatic heterocycles. The van der Waals surface area contributed by atoms with Gasteiger partial charge < -0.3 is 9.84 Å². The van der Waals surface area contributed by atoms with Crippen LogP contribution in [0.2, 0.25) is 0 Å². The molecule has 1 fully saturated rings. The Morgan fingerprint density at radius 1 is 1.18 bits per heavy atom. The molecule has 6 nitrogen and oxygen atoms in total. The van der Waals surface area contributed by atoms with Crippen molar-refractivity contribution in [3.8, 4) is 5.75 Å². The van der Waals surface area contributed by atoms with E-state index in [1.54, 1.807) is 36.4 Å². The van der Waals surface area contributed by atoms with Crippen LogP contribution in [0.3, 0.4) is 0 Å². The van der Waals surface area contributed by atoms with Gasteiger partial charge in [0.2, 0.25) is 0 Å². The lowest BCUT2D eigenvalue weighted by Gasteiger charge is -2.15. The number of aryl methyl sites for hydroxylation is 2. The zero-order chi connectivity index (χ0) is 20.3. The standard InChI is InChI=1S/C21H19NO5S/c1-13-7-8-16(14(2)11-13)22-20(25)18(28-21(22)26)12-15-5-3-4-6-17(15)27-10-9-19(23)24/h3-8,11-12H,9-10H2,1-2H3,(H,23,24)/b18-12+. The smallest absolute Gasteiger partial charge is 0.306 e. The Labute approximate surface area is 166 Å². The lowest BCUT2D eigenvalue weighted by molar-refractivity contribution is -0.137. The summed E-state index contributed by atoms with van der Waals surface area (Å²) in [5.74, 6) is -0.878. The zero-order valence-corrected chi connectivity index (χ0v) is 16.3. The van der Waals surface area contributed by atoms with Gasteiger partial charge in [-0.25, -0.2) is 4.90 Å². The van der Waals surface area contributed by atoms with Crippen molar-refractivity contribution in [2.45, 2.75) is 20.3 Å². The second-order valence-corrected chi connectivity index (χ2v) is 7.33. The number of carbonyl (C=O) groups excluding carboxylic acids is 2. The Bertz CT molecular complexity index is 983. The molecule has 2 aromatic rings. The van der Waals surface area contributed by atoms with E-state index in [2.05, 4.69) is 0 Å². The highest BCUT2D eigenvalue weighted by Gasteiger charge is 2.37. The molecule has 0 aliphatic carbocycles. The van der Waals surface area contributed by atoms with Gasteiger partial charge in [-0.2, -0.15) is 0 Å². The van der Waals surface area contributed by atoms with Crippen LogP contribution in [0.15, 0.2) is 47.4 Å². The Balaban J connectivity index is 1.87. The third-order valence-corrected chi connectivity index (χ3v) is 5.04. The molecule has 0 aromatic heterocycles. The van der Waals surface area contributed by atoms with Crippen LogP contribution in [0, 0.1) is 13.8 Å². The zero-order valence-electron chi connectivity index (χ0n) is 15.5. The topological polar surface area (TPSA) is 83.9 Å². The molecule has 0 atom stereocenters. The van der Waals surface area contributed by atoms with Gasteiger partial charge in [0.25, 0.3) is 11.1 Å². The van der Waals surface area contributed by atoms with Crippen LogP contribution in [0.1, 0.15) is 23.1 Å². The van der Waals surface area contributed by atoms with Gasteiger partial charge in [0, 0.05) is 5.56 Å². The summed E-state index contributed by atoms with van der Waals surface area (Å²) < 4.78 is 5.52. The summed E-state index contributed by atoms with van der Waals surface area (Å²) in [6.07, 6.45) is 1.47. The monoisotopic (exact) mass is 397 g/mol. The summed E-state index contributed by atoms with van der Waals surface area (Å²) in [6, 6.07) is 12.5. The number of aliphatic carboxylic acids is 1. The number of thioether (sulfide) groups is 1. The van der Waals surface area contributed by atoms with E-state index < -0.39 is 5.97 Å². The van der Waals surface area contributed by atoms with Crippen molar-refractivity contribution in [3.05, 3.63) is 64.1 Å². The van der Waals surface area contributed by atoms with E-state index in [0.29, 0.717) is 21.9 Å². The molecule has 0 saturated carbocycles. The van der Waals surface area contributed by atoms with E-state index in [1.165, 1.54) is 4.90 Å². The molecular weight excluding hydrogens is 378 g/mol. The van der Waals surface area contributed by atoms with Crippen molar-refractivity contribution < 1.29 is 24.2 Å². The average molecular weight is 397 g/mol. The number of nitrogens with zero attached hydrogens (tertiary/aromatic N) is 1. The number of carbonyl (C=O) groups is 3. The molecule has 1 heterocycles. The van der Waals surface area contributed by atoms with Crippen LogP contribution in [0.5, 0.6) is 5.75 Å². The number of para-hydroxylation sites is 1. The SMILES string of the molecule is Cc1ccc(N2C(=O)S/C(=C/c3ccccc3OCCC(=O)O)C2=O)c(C)c1. The van der Waals surface area contributed by atoms with Gasteiger partial charge in [0.1, 0.15) is 5.75 Å². The van der Waals surface area contributed by atoms with E-state index in [1.807, 2.05) is 26.0 Å². The molecule has 0 spiro atoms. The van der Waals surface area contributed by atoms with Gasteiger partial charge in [0.05, 0.1) is 23.6 Å². The first-order chi connectivity index (χ1) is 13.4. The summed E-state index contributed by atoms with van der Waals surface area (Å²) in [6.45, 7) is 3.83. The molecule has 2 aromatic carbocycles. The number of hydrogen-bond donors (Lipinski definition) is 1. The molecule has 3 rings (SSSR count). The fourth-order valence-electron chi connectivity index (χ4n) is 2.85. The largest absolute Gasteiger partial charge is 0.492 e. The maximum absolute atomic E-state index is 12.9. The molecule has 0 radical (unpaired) electrons. The summed E-state index contributed by atoms with van der Waals surface area (Å²) in [7, 11) is 0. The quantitative estimate of drug-likeness (QED) is 0.728. The maximum atomic E-state index is 12.9. The summed E-state index contributed by atoms with van der Waals surface area (Å²) >= 11 is 0.871. The molecule has 144 valence electrons. The van der Waals surface area contributed by atoms with E-state index in [-0.39, 0.29) is 24.2 Å². The predicted octanol–water partition coefficient (Wildman–Crippen LogP) is 4.40. The van der Waals surface area contributed by atoms with Crippen LogP contribution in [-0.2, 0) is 9.59 Å². The highest BCUT2D eigenvalue weighted by molar-refractivity contribution is 8.19. The Kier molecular flexibility index (Phi) is 5.84. The fourth-order valence-corrected chi connectivity index (χ4v) is 3.68. The fraction of sp³-hybridized carbons (Fsp3) is 0.190. The van der Waals surface area contributed by atoms with E-state index in [9.17, 15) is 14.4 Å². The number of anilines is 1. The van der Waals surface area contributed by atoms with Crippen LogP contribution in [-0.4, -0.2) is 28.8 Å². The van der Waals surface area contributed by atoms with E-state index in [4.69, 9.17) is 9.84 Å². The van der Waals surface area contributed by atoms with Gasteiger partial charge in [-0.1, -0.05) is 35.9 Å². The predicted molar refractivity (Wildman–Crippen MR) is 109 cm³/mol. The normalized spacial score (nSPS) is 15.4. The van der Waals surface area contributed by atoms with Gasteiger partial charge in [-0.05, 0) is 49.4 Å². The minimum absolute atomic E-state index is 0.0181. The van der Waals surface area contributed by atoms with Crippen molar-refractivity contribution in [2.24, 2.45) is 0 Å². The van der Waals surface area contributed by atoms with Gasteiger partial charge in [-0.3, -0.25) is 14.4 Å². The molecule has 0 bridgehead atoms. The van der Waals surface area contributed by atoms with E-state index in [0.717, 1.165) is 22.9 Å². The molecule has 2 amide bonds. The average Bonchev–Trinajstić information content (AvgIpc) is 2.90. The van der Waals surface area contributed by atoms with E-state index >= 15 is 0 Å². The Hall–Kier alpha value is -3.06. The lowest BCUT2D eigenvalue weighted by Crippen LogP contribution is -2.28. The third-order valence-electron chi connectivity index (χ3n) is 4.17. The first kappa shape index (κ1) is 19.7. The Morgan fingerprint density at radius 2 is 1.93 bits per heavy atom. The number of amides is 2. The number of imide groups is 1. The van der Waals surface area contributed by atoms with Crippen molar-refractivity contribution >= 4 is 40.6 Å². The van der Waals surface area contributed by atoms with Crippen LogP contribution < -0.4 is 9.64 Å². The highest BCUT2D eigenvalue weighted by atomic mass is 32.2. The van der Waals surface area contributed by atoms with Gasteiger partial charge in [-0.15, -0.1) is 0 Å². The Morgan fingerprint density at radius 3 is 2.64 bits per heavy atom. The number of rotatable bonds is 6. The molecule has 1 saturated heterocycles. The summed E-state index contributed by atoms with van der Waals surface area (Å²) in [5, 5.41) is 8.39. The minimum Gasteiger partial charge on any atom is -0.492 e.